The molecule has 1 saturated heterocycles. The van der Waals surface area contributed by atoms with E-state index in [1.165, 1.54) is 5.57 Å². The van der Waals surface area contributed by atoms with Crippen LogP contribution >= 0.6 is 0 Å². The fourth-order valence-corrected chi connectivity index (χ4v) is 7.77. The van der Waals surface area contributed by atoms with Crippen molar-refractivity contribution in [1.29, 1.82) is 0 Å². The monoisotopic (exact) mass is 614 g/mol. The molecule has 1 spiro atoms. The van der Waals surface area contributed by atoms with Crippen LogP contribution in [0, 0.1) is 11.8 Å². The van der Waals surface area contributed by atoms with E-state index in [1.54, 1.807) is 19.1 Å². The summed E-state index contributed by atoms with van der Waals surface area (Å²) in [5, 5.41) is 23.4. The van der Waals surface area contributed by atoms with E-state index in [1.807, 2.05) is 46.8 Å². The van der Waals surface area contributed by atoms with Crippen molar-refractivity contribution < 1.29 is 34.1 Å². The first-order valence-electron chi connectivity index (χ1n) is 16.0. The van der Waals surface area contributed by atoms with E-state index in [-0.39, 0.29) is 59.3 Å². The second-order valence-corrected chi connectivity index (χ2v) is 14.2. The average Bonchev–Trinajstić information content (AvgIpc) is 3.12. The SMILES string of the molecule is CC(C)=CCC/C(C)=C/Cc1c(O)c(CC=C(C)C)c2c(c1O)C(=O)C1=CC3CC4C(C)(C)OC(C/C=C(\C)C=O)(C3=O)C14O2. The van der Waals surface area contributed by atoms with Crippen molar-refractivity contribution in [2.24, 2.45) is 11.8 Å². The molecule has 5 aliphatic rings. The number of fused-ring (bicyclic) bond motifs is 1. The number of ether oxygens (including phenoxy) is 2. The third-order valence-electron chi connectivity index (χ3n) is 10.0. The number of aldehydes is 1. The second kappa shape index (κ2) is 11.6. The molecule has 7 nitrogen and oxygen atoms in total. The largest absolute Gasteiger partial charge is 0.507 e. The lowest BCUT2D eigenvalue weighted by Crippen LogP contribution is -2.72. The van der Waals surface area contributed by atoms with Gasteiger partial charge in [-0.25, -0.2) is 0 Å². The molecule has 7 heteroatoms. The summed E-state index contributed by atoms with van der Waals surface area (Å²) in [5.74, 6) is -1.83. The standard InChI is InChI=1S/C38H46O7/c1-21(2)10-9-11-23(5)13-15-26-31(40)27(14-12-22(3)4)34-30(32(26)41)33(42)28-18-25-19-29-36(7,8)45-37(35(25)43,38(28,29)44-34)17-16-24(6)20-39/h10,12-13,16,18,20,25,29,40-41H,9,11,14-15,17,19H2,1-8H3/b23-13+,24-16+. The van der Waals surface area contributed by atoms with Gasteiger partial charge in [0.2, 0.25) is 0 Å². The number of phenols is 2. The Morgan fingerprint density at radius 1 is 0.933 bits per heavy atom. The lowest BCUT2D eigenvalue weighted by Gasteiger charge is -2.56. The molecule has 4 unspecified atom stereocenters. The van der Waals surface area contributed by atoms with Gasteiger partial charge in [-0.2, -0.15) is 0 Å². The highest BCUT2D eigenvalue weighted by Gasteiger charge is 2.81. The molecule has 4 atom stereocenters. The number of benzene rings is 1. The lowest BCUT2D eigenvalue weighted by molar-refractivity contribution is -0.171. The average molecular weight is 615 g/mol. The maximum absolute atomic E-state index is 14.7. The number of carbonyl (C=O) groups is 3. The van der Waals surface area contributed by atoms with E-state index >= 15 is 0 Å². The number of ketones is 2. The Labute approximate surface area is 266 Å². The number of hydrogen-bond acceptors (Lipinski definition) is 7. The van der Waals surface area contributed by atoms with Crippen LogP contribution in [0.2, 0.25) is 0 Å². The van der Waals surface area contributed by atoms with E-state index in [9.17, 15) is 24.6 Å². The van der Waals surface area contributed by atoms with Crippen molar-refractivity contribution in [3.8, 4) is 17.2 Å². The van der Waals surface area contributed by atoms with Crippen LogP contribution in [0.5, 0.6) is 17.2 Å². The molecular weight excluding hydrogens is 568 g/mol. The maximum atomic E-state index is 14.7. The molecule has 45 heavy (non-hydrogen) atoms. The van der Waals surface area contributed by atoms with Crippen molar-refractivity contribution in [3.63, 3.8) is 0 Å². The molecule has 2 fully saturated rings. The summed E-state index contributed by atoms with van der Waals surface area (Å²) < 4.78 is 13.7. The van der Waals surface area contributed by atoms with Crippen LogP contribution in [-0.4, -0.2) is 44.9 Å². The van der Waals surface area contributed by atoms with E-state index in [0.29, 0.717) is 23.1 Å². The minimum absolute atomic E-state index is 0.0133. The molecule has 3 aliphatic carbocycles. The zero-order valence-electron chi connectivity index (χ0n) is 27.8. The quantitative estimate of drug-likeness (QED) is 0.161. The number of carbonyl (C=O) groups excluding carboxylic acids is 3. The van der Waals surface area contributed by atoms with Crippen molar-refractivity contribution >= 4 is 17.9 Å². The second-order valence-electron chi connectivity index (χ2n) is 14.2. The molecule has 0 radical (unpaired) electrons. The molecule has 1 aromatic rings. The van der Waals surface area contributed by atoms with E-state index in [2.05, 4.69) is 19.9 Å². The van der Waals surface area contributed by atoms with Crippen LogP contribution in [0.15, 0.2) is 58.2 Å². The van der Waals surface area contributed by atoms with Crippen molar-refractivity contribution in [2.75, 3.05) is 0 Å². The van der Waals surface area contributed by atoms with Crippen molar-refractivity contribution in [3.05, 3.63) is 74.9 Å². The molecule has 2 N–H and O–H groups in total. The molecular formula is C38H46O7. The fraction of sp³-hybridized carbons (Fsp3) is 0.500. The predicted molar refractivity (Wildman–Crippen MR) is 174 cm³/mol. The van der Waals surface area contributed by atoms with Gasteiger partial charge in [-0.1, -0.05) is 47.1 Å². The number of rotatable bonds is 10. The van der Waals surface area contributed by atoms with Gasteiger partial charge in [0.15, 0.2) is 22.8 Å². The van der Waals surface area contributed by atoms with E-state index in [4.69, 9.17) is 9.47 Å². The number of phenolic OH excluding ortho intramolecular Hbond substituents is 2. The number of aromatic hydroxyl groups is 2. The fourth-order valence-electron chi connectivity index (χ4n) is 7.77. The highest BCUT2D eigenvalue weighted by molar-refractivity contribution is 6.18. The Bertz CT molecular complexity index is 1620. The van der Waals surface area contributed by atoms with Gasteiger partial charge in [0.05, 0.1) is 5.60 Å². The first kappa shape index (κ1) is 32.7. The minimum Gasteiger partial charge on any atom is -0.507 e. The highest BCUT2D eigenvalue weighted by atomic mass is 16.6. The third-order valence-corrected chi connectivity index (χ3v) is 10.0. The number of allylic oxidation sites excluding steroid dienone is 8. The zero-order chi connectivity index (χ0) is 33.1. The first-order valence-corrected chi connectivity index (χ1v) is 16.0. The molecule has 1 aromatic carbocycles. The summed E-state index contributed by atoms with van der Waals surface area (Å²) in [4.78, 5) is 40.4. The Morgan fingerprint density at radius 3 is 2.24 bits per heavy atom. The maximum Gasteiger partial charge on any atom is 0.200 e. The molecule has 0 aromatic heterocycles. The molecule has 6 rings (SSSR count). The van der Waals surface area contributed by atoms with E-state index in [0.717, 1.165) is 30.3 Å². The van der Waals surface area contributed by atoms with Crippen LogP contribution < -0.4 is 4.74 Å². The highest BCUT2D eigenvalue weighted by Crippen LogP contribution is 2.68. The predicted octanol–water partition coefficient (Wildman–Crippen LogP) is 7.38. The number of hydrogen-bond donors (Lipinski definition) is 2. The summed E-state index contributed by atoms with van der Waals surface area (Å²) in [6.07, 6.45) is 12.9. The Balaban J connectivity index is 1.71. The summed E-state index contributed by atoms with van der Waals surface area (Å²) >= 11 is 0. The van der Waals surface area contributed by atoms with E-state index < -0.39 is 28.5 Å². The summed E-state index contributed by atoms with van der Waals surface area (Å²) in [7, 11) is 0. The van der Waals surface area contributed by atoms with Crippen LogP contribution in [0.25, 0.3) is 0 Å². The van der Waals surface area contributed by atoms with Crippen molar-refractivity contribution in [2.45, 2.75) is 111 Å². The van der Waals surface area contributed by atoms with Gasteiger partial charge in [-0.15, -0.1) is 0 Å². The van der Waals surface area contributed by atoms with Gasteiger partial charge >= 0.3 is 0 Å². The van der Waals surface area contributed by atoms with Gasteiger partial charge in [-0.3, -0.25) is 14.4 Å². The normalized spacial score (nSPS) is 27.8. The minimum atomic E-state index is -1.55. The Hall–Kier alpha value is -3.71. The first-order chi connectivity index (χ1) is 21.1. The van der Waals surface area contributed by atoms with Crippen LogP contribution in [0.1, 0.15) is 103 Å². The molecule has 4 bridgehead atoms. The third kappa shape index (κ3) is 5.04. The van der Waals surface area contributed by atoms with Gasteiger partial charge < -0.3 is 19.7 Å². The summed E-state index contributed by atoms with van der Waals surface area (Å²) in [5.41, 5.74) is 0.953. The Morgan fingerprint density at radius 2 is 1.60 bits per heavy atom. The summed E-state index contributed by atoms with van der Waals surface area (Å²) in [6.45, 7) is 15.5. The number of Topliss-reactive ketones (excluding diaryl/α,β-unsaturated/α-hetero) is 2. The smallest absolute Gasteiger partial charge is 0.200 e. The van der Waals surface area contributed by atoms with Gasteiger partial charge in [0, 0.05) is 35.0 Å². The van der Waals surface area contributed by atoms with Crippen molar-refractivity contribution in [1.82, 2.24) is 0 Å². The molecule has 240 valence electrons. The molecule has 0 amide bonds. The molecule has 1 saturated carbocycles. The Kier molecular flexibility index (Phi) is 8.41. The lowest BCUT2D eigenvalue weighted by atomic mass is 9.51. The molecule has 2 aliphatic heterocycles. The topological polar surface area (TPSA) is 110 Å². The zero-order valence-corrected chi connectivity index (χ0v) is 27.8. The van der Waals surface area contributed by atoms with Gasteiger partial charge in [-0.05, 0) is 93.1 Å². The molecule has 2 heterocycles. The summed E-state index contributed by atoms with van der Waals surface area (Å²) in [6, 6.07) is 0. The van der Waals surface area contributed by atoms with Crippen LogP contribution in [0.4, 0.5) is 0 Å². The van der Waals surface area contributed by atoms with Gasteiger partial charge in [0.25, 0.3) is 0 Å². The van der Waals surface area contributed by atoms with Gasteiger partial charge in [0.1, 0.15) is 29.1 Å². The van der Waals surface area contributed by atoms with Crippen LogP contribution in [-0.2, 0) is 27.2 Å². The van der Waals surface area contributed by atoms with Crippen LogP contribution in [0.3, 0.4) is 0 Å².